The van der Waals surface area contributed by atoms with Crippen LogP contribution in [0.5, 0.6) is 0 Å². The Balaban J connectivity index is 0.00000162. The number of nitrogens with one attached hydrogen (secondary N) is 1. The Kier molecular flexibility index (Phi) is 4.67. The van der Waals surface area contributed by atoms with Crippen LogP contribution in [0.1, 0.15) is 11.3 Å². The molecule has 2 aromatic rings. The highest BCUT2D eigenvalue weighted by Crippen LogP contribution is 2.14. The number of hydrogen-bond donors (Lipinski definition) is 1. The fourth-order valence-electron chi connectivity index (χ4n) is 1.68. The third-order valence-corrected chi connectivity index (χ3v) is 2.42. The van der Waals surface area contributed by atoms with Gasteiger partial charge in [0.1, 0.15) is 11.6 Å². The monoisotopic (exact) mass is 273 g/mol. The van der Waals surface area contributed by atoms with Crippen LogP contribution in [0.15, 0.2) is 24.4 Å². The van der Waals surface area contributed by atoms with Crippen LogP contribution in [0.25, 0.3) is 0 Å². The van der Waals surface area contributed by atoms with Gasteiger partial charge in [-0.2, -0.15) is 5.10 Å². The molecule has 0 unspecified atom stereocenters. The SMILES string of the molecule is Cc1nn(C)cc1NCc1cc(F)cc(F)c1.Cl. The third kappa shape index (κ3) is 3.43. The molecule has 98 valence electrons. The summed E-state index contributed by atoms with van der Waals surface area (Å²) in [7, 11) is 1.82. The van der Waals surface area contributed by atoms with Crippen molar-refractivity contribution in [2.24, 2.45) is 7.05 Å². The Hall–Kier alpha value is -1.62. The van der Waals surface area contributed by atoms with Crippen molar-refractivity contribution in [3.63, 3.8) is 0 Å². The maximum absolute atomic E-state index is 13.0. The summed E-state index contributed by atoms with van der Waals surface area (Å²) in [5.74, 6) is -1.13. The number of rotatable bonds is 3. The van der Waals surface area contributed by atoms with Gasteiger partial charge in [0.2, 0.25) is 0 Å². The molecule has 2 rings (SSSR count). The summed E-state index contributed by atoms with van der Waals surface area (Å²) in [4.78, 5) is 0. The molecule has 0 radical (unpaired) electrons. The quantitative estimate of drug-likeness (QED) is 0.932. The molecule has 3 nitrogen and oxygen atoms in total. The van der Waals surface area contributed by atoms with E-state index in [9.17, 15) is 8.78 Å². The predicted molar refractivity (Wildman–Crippen MR) is 68.9 cm³/mol. The molecule has 1 aromatic carbocycles. The number of aryl methyl sites for hydroxylation is 2. The average Bonchev–Trinajstić information content (AvgIpc) is 2.53. The van der Waals surface area contributed by atoms with Crippen LogP contribution < -0.4 is 5.32 Å². The summed E-state index contributed by atoms with van der Waals surface area (Å²) in [5.41, 5.74) is 2.27. The first-order valence-corrected chi connectivity index (χ1v) is 5.23. The van der Waals surface area contributed by atoms with E-state index in [1.54, 1.807) is 4.68 Å². The predicted octanol–water partition coefficient (Wildman–Crippen LogP) is 3.04. The fraction of sp³-hybridized carbons (Fsp3) is 0.250. The number of aromatic nitrogens is 2. The Morgan fingerprint density at radius 2 is 1.83 bits per heavy atom. The minimum absolute atomic E-state index is 0. The third-order valence-electron chi connectivity index (χ3n) is 2.42. The smallest absolute Gasteiger partial charge is 0.126 e. The van der Waals surface area contributed by atoms with E-state index in [2.05, 4.69) is 10.4 Å². The molecule has 0 aliphatic rings. The number of nitrogens with zero attached hydrogens (tertiary/aromatic N) is 2. The van der Waals surface area contributed by atoms with Gasteiger partial charge in [-0.3, -0.25) is 4.68 Å². The van der Waals surface area contributed by atoms with Gasteiger partial charge in [0.15, 0.2) is 0 Å². The van der Waals surface area contributed by atoms with Crippen molar-refractivity contribution in [1.82, 2.24) is 9.78 Å². The Labute approximate surface area is 110 Å². The molecule has 1 heterocycles. The van der Waals surface area contributed by atoms with Gasteiger partial charge in [-0.05, 0) is 24.6 Å². The molecule has 6 heteroatoms. The molecule has 0 atom stereocenters. The summed E-state index contributed by atoms with van der Waals surface area (Å²) in [6, 6.07) is 3.47. The lowest BCUT2D eigenvalue weighted by Crippen LogP contribution is -2.00. The zero-order valence-electron chi connectivity index (χ0n) is 10.1. The van der Waals surface area contributed by atoms with E-state index < -0.39 is 11.6 Å². The highest BCUT2D eigenvalue weighted by Gasteiger charge is 2.04. The fourth-order valence-corrected chi connectivity index (χ4v) is 1.68. The lowest BCUT2D eigenvalue weighted by Gasteiger charge is -2.05. The number of anilines is 1. The van der Waals surface area contributed by atoms with Crippen molar-refractivity contribution in [1.29, 1.82) is 0 Å². The first-order chi connectivity index (χ1) is 8.04. The second-order valence-corrected chi connectivity index (χ2v) is 3.93. The van der Waals surface area contributed by atoms with E-state index >= 15 is 0 Å². The van der Waals surface area contributed by atoms with Crippen LogP contribution in [0.2, 0.25) is 0 Å². The molecule has 1 aromatic heterocycles. The van der Waals surface area contributed by atoms with E-state index in [0.717, 1.165) is 17.4 Å². The Morgan fingerprint density at radius 1 is 1.22 bits per heavy atom. The highest BCUT2D eigenvalue weighted by molar-refractivity contribution is 5.85. The van der Waals surface area contributed by atoms with Crippen molar-refractivity contribution in [2.75, 3.05) is 5.32 Å². The molecule has 0 saturated heterocycles. The summed E-state index contributed by atoms with van der Waals surface area (Å²) in [6.07, 6.45) is 1.82. The molecule has 1 N–H and O–H groups in total. The Morgan fingerprint density at radius 3 is 2.33 bits per heavy atom. The van der Waals surface area contributed by atoms with Crippen molar-refractivity contribution in [2.45, 2.75) is 13.5 Å². The summed E-state index contributed by atoms with van der Waals surface area (Å²) >= 11 is 0. The standard InChI is InChI=1S/C12H13F2N3.ClH/c1-8-12(7-17(2)16-8)15-6-9-3-10(13)5-11(14)4-9;/h3-5,7,15H,6H2,1-2H3;1H. The zero-order valence-corrected chi connectivity index (χ0v) is 10.9. The summed E-state index contributed by atoms with van der Waals surface area (Å²) < 4.78 is 27.6. The van der Waals surface area contributed by atoms with Crippen LogP contribution in [0.3, 0.4) is 0 Å². The van der Waals surface area contributed by atoms with Gasteiger partial charge >= 0.3 is 0 Å². The van der Waals surface area contributed by atoms with Gasteiger partial charge in [0.25, 0.3) is 0 Å². The van der Waals surface area contributed by atoms with Crippen LogP contribution in [0, 0.1) is 18.6 Å². The van der Waals surface area contributed by atoms with Crippen LogP contribution in [-0.4, -0.2) is 9.78 Å². The summed E-state index contributed by atoms with van der Waals surface area (Å²) in [5, 5.41) is 7.25. The van der Waals surface area contributed by atoms with Gasteiger partial charge in [-0.15, -0.1) is 12.4 Å². The van der Waals surface area contributed by atoms with Gasteiger partial charge in [0, 0.05) is 25.9 Å². The maximum atomic E-state index is 13.0. The van der Waals surface area contributed by atoms with Crippen LogP contribution in [-0.2, 0) is 13.6 Å². The van der Waals surface area contributed by atoms with E-state index in [1.165, 1.54) is 12.1 Å². The number of halogens is 3. The first kappa shape index (κ1) is 14.4. The average molecular weight is 274 g/mol. The summed E-state index contributed by atoms with van der Waals surface area (Å²) in [6.45, 7) is 2.23. The van der Waals surface area contributed by atoms with Gasteiger partial charge < -0.3 is 5.32 Å². The molecular weight excluding hydrogens is 260 g/mol. The number of benzene rings is 1. The molecule has 0 saturated carbocycles. The normalized spacial score (nSPS) is 10.0. The molecule has 0 fully saturated rings. The minimum Gasteiger partial charge on any atom is -0.378 e. The van der Waals surface area contributed by atoms with Gasteiger partial charge in [-0.25, -0.2) is 8.78 Å². The lowest BCUT2D eigenvalue weighted by molar-refractivity contribution is 0.580. The van der Waals surface area contributed by atoms with E-state index in [-0.39, 0.29) is 12.4 Å². The van der Waals surface area contributed by atoms with Gasteiger partial charge in [-0.1, -0.05) is 0 Å². The zero-order chi connectivity index (χ0) is 12.4. The first-order valence-electron chi connectivity index (χ1n) is 5.23. The highest BCUT2D eigenvalue weighted by atomic mass is 35.5. The van der Waals surface area contributed by atoms with E-state index in [1.807, 2.05) is 20.2 Å². The Bertz CT molecular complexity index is 520. The van der Waals surface area contributed by atoms with Crippen LogP contribution >= 0.6 is 12.4 Å². The minimum atomic E-state index is -0.565. The van der Waals surface area contributed by atoms with E-state index in [0.29, 0.717) is 12.1 Å². The largest absolute Gasteiger partial charge is 0.378 e. The van der Waals surface area contributed by atoms with E-state index in [4.69, 9.17) is 0 Å². The molecule has 0 spiro atoms. The van der Waals surface area contributed by atoms with Gasteiger partial charge in [0.05, 0.1) is 11.4 Å². The molecule has 0 bridgehead atoms. The number of hydrogen-bond acceptors (Lipinski definition) is 2. The second-order valence-electron chi connectivity index (χ2n) is 3.93. The molecule has 0 aliphatic carbocycles. The van der Waals surface area contributed by atoms with Crippen LogP contribution in [0.4, 0.5) is 14.5 Å². The topological polar surface area (TPSA) is 29.9 Å². The van der Waals surface area contributed by atoms with Crippen molar-refractivity contribution in [3.8, 4) is 0 Å². The molecule has 0 amide bonds. The second kappa shape index (κ2) is 5.82. The molecule has 18 heavy (non-hydrogen) atoms. The van der Waals surface area contributed by atoms with Crippen molar-refractivity contribution >= 4 is 18.1 Å². The lowest BCUT2D eigenvalue weighted by atomic mass is 10.2. The van der Waals surface area contributed by atoms with Crippen molar-refractivity contribution < 1.29 is 8.78 Å². The maximum Gasteiger partial charge on any atom is 0.126 e. The molecular formula is C12H14ClF2N3. The van der Waals surface area contributed by atoms with Crippen molar-refractivity contribution in [3.05, 3.63) is 47.3 Å². The molecule has 0 aliphatic heterocycles.